The first-order valence-electron chi connectivity index (χ1n) is 8.50. The summed E-state index contributed by atoms with van der Waals surface area (Å²) in [6.45, 7) is 6.59. The van der Waals surface area contributed by atoms with Crippen LogP contribution in [0.25, 0.3) is 0 Å². The molecule has 1 aromatic rings. The summed E-state index contributed by atoms with van der Waals surface area (Å²) >= 11 is 0. The monoisotopic (exact) mass is 292 g/mol. The number of hydrogen-bond acceptors (Lipinski definition) is 5. The van der Waals surface area contributed by atoms with E-state index in [-0.39, 0.29) is 0 Å². The van der Waals surface area contributed by atoms with Gasteiger partial charge >= 0.3 is 0 Å². The number of hydrogen-bond donors (Lipinski definition) is 0. The number of aryl methyl sites for hydroxylation is 1. The van der Waals surface area contributed by atoms with Crippen LogP contribution in [-0.4, -0.2) is 52.7 Å². The Kier molecular flexibility index (Phi) is 4.91. The van der Waals surface area contributed by atoms with E-state index in [1.54, 1.807) is 0 Å². The molecule has 2 saturated heterocycles. The second-order valence-electron chi connectivity index (χ2n) is 6.64. The maximum absolute atomic E-state index is 5.62. The van der Waals surface area contributed by atoms with Gasteiger partial charge in [-0.15, -0.1) is 10.2 Å². The van der Waals surface area contributed by atoms with E-state index in [1.165, 1.54) is 45.2 Å². The average Bonchev–Trinajstić information content (AvgIpc) is 2.95. The van der Waals surface area contributed by atoms with Gasteiger partial charge in [-0.1, -0.05) is 13.3 Å². The summed E-state index contributed by atoms with van der Waals surface area (Å²) in [5.41, 5.74) is 0. The standard InChI is InChI=1S/C16H28N4O/c1-3-15-17-18-16(21-15)12-19(2)11-13-7-6-10-20-9-5-4-8-14(13)20/h13-14H,3-12H2,1-2H3/t13-,14+/m0/s1. The largest absolute Gasteiger partial charge is 0.424 e. The summed E-state index contributed by atoms with van der Waals surface area (Å²) in [7, 11) is 2.18. The second-order valence-corrected chi connectivity index (χ2v) is 6.64. The van der Waals surface area contributed by atoms with E-state index in [2.05, 4.69) is 27.0 Å². The molecule has 5 heteroatoms. The Bertz CT molecular complexity index is 445. The molecule has 2 aliphatic rings. The molecule has 0 bridgehead atoms. The lowest BCUT2D eigenvalue weighted by molar-refractivity contribution is 0.0423. The molecule has 2 aliphatic heterocycles. The normalized spacial score (nSPS) is 27.0. The number of rotatable bonds is 5. The molecule has 2 atom stereocenters. The molecule has 118 valence electrons. The summed E-state index contributed by atoms with van der Waals surface area (Å²) in [6.07, 6.45) is 7.73. The molecule has 0 amide bonds. The third-order valence-corrected chi connectivity index (χ3v) is 4.99. The van der Waals surface area contributed by atoms with Gasteiger partial charge in [0.25, 0.3) is 0 Å². The molecule has 0 unspecified atom stereocenters. The number of piperidine rings is 2. The van der Waals surface area contributed by atoms with Crippen molar-refractivity contribution >= 4 is 0 Å². The smallest absolute Gasteiger partial charge is 0.230 e. The molecule has 0 saturated carbocycles. The lowest BCUT2D eigenvalue weighted by Gasteiger charge is -2.45. The first kappa shape index (κ1) is 15.0. The minimum atomic E-state index is 0.745. The Labute approximate surface area is 127 Å². The van der Waals surface area contributed by atoms with Crippen molar-refractivity contribution < 1.29 is 4.42 Å². The van der Waals surface area contributed by atoms with Gasteiger partial charge < -0.3 is 9.32 Å². The number of nitrogens with zero attached hydrogens (tertiary/aromatic N) is 4. The van der Waals surface area contributed by atoms with Crippen LogP contribution in [0.5, 0.6) is 0 Å². The summed E-state index contributed by atoms with van der Waals surface area (Å²) in [5.74, 6) is 2.30. The highest BCUT2D eigenvalue weighted by atomic mass is 16.4. The molecule has 0 radical (unpaired) electrons. The Morgan fingerprint density at radius 3 is 2.76 bits per heavy atom. The third-order valence-electron chi connectivity index (χ3n) is 4.99. The molecule has 5 nitrogen and oxygen atoms in total. The molecule has 1 aromatic heterocycles. The fourth-order valence-corrected chi connectivity index (χ4v) is 3.98. The molecule has 3 heterocycles. The van der Waals surface area contributed by atoms with E-state index in [1.807, 2.05) is 6.92 Å². The molecule has 0 spiro atoms. The molecular formula is C16H28N4O. The maximum atomic E-state index is 5.62. The van der Waals surface area contributed by atoms with Gasteiger partial charge in [0.05, 0.1) is 6.54 Å². The van der Waals surface area contributed by atoms with Gasteiger partial charge in [-0.05, 0) is 51.7 Å². The lowest BCUT2D eigenvalue weighted by Crippen LogP contribution is -2.50. The average molecular weight is 292 g/mol. The molecule has 21 heavy (non-hydrogen) atoms. The third kappa shape index (κ3) is 3.64. The van der Waals surface area contributed by atoms with E-state index in [0.29, 0.717) is 0 Å². The SMILES string of the molecule is CCc1nnc(CN(C)C[C@@H]2CCCN3CCCC[C@H]23)o1. The van der Waals surface area contributed by atoms with Crippen molar-refractivity contribution in [3.05, 3.63) is 11.8 Å². The van der Waals surface area contributed by atoms with Crippen LogP contribution in [-0.2, 0) is 13.0 Å². The van der Waals surface area contributed by atoms with Crippen LogP contribution in [0.1, 0.15) is 50.8 Å². The van der Waals surface area contributed by atoms with Crippen LogP contribution < -0.4 is 0 Å². The Morgan fingerprint density at radius 1 is 1.14 bits per heavy atom. The van der Waals surface area contributed by atoms with Crippen molar-refractivity contribution in [3.8, 4) is 0 Å². The van der Waals surface area contributed by atoms with Gasteiger partial charge in [-0.3, -0.25) is 4.90 Å². The van der Waals surface area contributed by atoms with Crippen molar-refractivity contribution in [2.24, 2.45) is 5.92 Å². The molecule has 0 aromatic carbocycles. The maximum Gasteiger partial charge on any atom is 0.230 e. The zero-order valence-corrected chi connectivity index (χ0v) is 13.4. The van der Waals surface area contributed by atoms with Crippen molar-refractivity contribution in [2.45, 2.75) is 58.0 Å². The van der Waals surface area contributed by atoms with E-state index in [4.69, 9.17) is 4.42 Å². The zero-order chi connectivity index (χ0) is 14.7. The van der Waals surface area contributed by atoms with Crippen molar-refractivity contribution in [1.82, 2.24) is 20.0 Å². The van der Waals surface area contributed by atoms with E-state index >= 15 is 0 Å². The fraction of sp³-hybridized carbons (Fsp3) is 0.875. The molecule has 3 rings (SSSR count). The molecule has 0 N–H and O–H groups in total. The minimum absolute atomic E-state index is 0.745. The van der Waals surface area contributed by atoms with Gasteiger partial charge in [0.2, 0.25) is 11.8 Å². The quantitative estimate of drug-likeness (QED) is 0.833. The first-order chi connectivity index (χ1) is 10.3. The molecular weight excluding hydrogens is 264 g/mol. The summed E-state index contributed by atoms with van der Waals surface area (Å²) < 4.78 is 5.62. The van der Waals surface area contributed by atoms with E-state index in [0.717, 1.165) is 43.3 Å². The van der Waals surface area contributed by atoms with Crippen LogP contribution in [0, 0.1) is 5.92 Å². The van der Waals surface area contributed by atoms with E-state index < -0.39 is 0 Å². The Balaban J connectivity index is 1.54. The topological polar surface area (TPSA) is 45.4 Å². The predicted octanol–water partition coefficient (Wildman–Crippen LogP) is 2.33. The van der Waals surface area contributed by atoms with Gasteiger partial charge in [-0.25, -0.2) is 0 Å². The zero-order valence-electron chi connectivity index (χ0n) is 13.4. The minimum Gasteiger partial charge on any atom is -0.424 e. The Hall–Kier alpha value is -0.940. The number of fused-ring (bicyclic) bond motifs is 1. The Morgan fingerprint density at radius 2 is 1.95 bits per heavy atom. The van der Waals surface area contributed by atoms with Crippen LogP contribution in [0.2, 0.25) is 0 Å². The van der Waals surface area contributed by atoms with E-state index in [9.17, 15) is 0 Å². The van der Waals surface area contributed by atoms with Crippen molar-refractivity contribution in [1.29, 1.82) is 0 Å². The fourth-order valence-electron chi connectivity index (χ4n) is 3.98. The molecule has 2 fully saturated rings. The lowest BCUT2D eigenvalue weighted by atomic mass is 9.83. The van der Waals surface area contributed by atoms with Crippen molar-refractivity contribution in [3.63, 3.8) is 0 Å². The van der Waals surface area contributed by atoms with Crippen LogP contribution in [0.15, 0.2) is 4.42 Å². The highest BCUT2D eigenvalue weighted by molar-refractivity contribution is 4.89. The van der Waals surface area contributed by atoms with Gasteiger partial charge in [0.1, 0.15) is 0 Å². The second kappa shape index (κ2) is 6.88. The van der Waals surface area contributed by atoms with Gasteiger partial charge in [0.15, 0.2) is 0 Å². The van der Waals surface area contributed by atoms with Gasteiger partial charge in [0, 0.05) is 19.0 Å². The highest BCUT2D eigenvalue weighted by Crippen LogP contribution is 2.31. The summed E-state index contributed by atoms with van der Waals surface area (Å²) in [4.78, 5) is 5.09. The van der Waals surface area contributed by atoms with Crippen molar-refractivity contribution in [2.75, 3.05) is 26.7 Å². The summed E-state index contributed by atoms with van der Waals surface area (Å²) in [6, 6.07) is 0.809. The predicted molar refractivity (Wildman–Crippen MR) is 81.9 cm³/mol. The van der Waals surface area contributed by atoms with Crippen LogP contribution >= 0.6 is 0 Å². The number of aromatic nitrogens is 2. The van der Waals surface area contributed by atoms with Crippen LogP contribution in [0.3, 0.4) is 0 Å². The van der Waals surface area contributed by atoms with Gasteiger partial charge in [-0.2, -0.15) is 0 Å². The van der Waals surface area contributed by atoms with Crippen LogP contribution in [0.4, 0.5) is 0 Å². The first-order valence-corrected chi connectivity index (χ1v) is 8.50. The summed E-state index contributed by atoms with van der Waals surface area (Å²) in [5, 5.41) is 8.18. The highest BCUT2D eigenvalue weighted by Gasteiger charge is 2.33. The molecule has 0 aliphatic carbocycles.